The molecule has 0 spiro atoms. The highest BCUT2D eigenvalue weighted by molar-refractivity contribution is 5.77. The summed E-state index contributed by atoms with van der Waals surface area (Å²) in [7, 11) is 3.61. The first kappa shape index (κ1) is 15.0. The molecule has 6 nitrogen and oxygen atoms in total. The van der Waals surface area contributed by atoms with Gasteiger partial charge < -0.3 is 14.2 Å². The van der Waals surface area contributed by atoms with Crippen LogP contribution in [0.25, 0.3) is 11.0 Å². The summed E-state index contributed by atoms with van der Waals surface area (Å²) < 4.78 is 7.06. The van der Waals surface area contributed by atoms with Gasteiger partial charge in [-0.2, -0.15) is 0 Å². The minimum Gasteiger partial charge on any atom is -0.375 e. The van der Waals surface area contributed by atoms with Gasteiger partial charge in [0.15, 0.2) is 0 Å². The average Bonchev–Trinajstić information content (AvgIpc) is 2.85. The van der Waals surface area contributed by atoms with Gasteiger partial charge in [0.2, 0.25) is 5.91 Å². The molecule has 0 aliphatic carbocycles. The molecule has 1 fully saturated rings. The van der Waals surface area contributed by atoms with Crippen molar-refractivity contribution in [3.63, 3.8) is 0 Å². The van der Waals surface area contributed by atoms with Crippen LogP contribution in [0.2, 0.25) is 0 Å². The number of aryl methyl sites for hydroxylation is 1. The van der Waals surface area contributed by atoms with E-state index in [2.05, 4.69) is 22.6 Å². The largest absolute Gasteiger partial charge is 0.375 e. The van der Waals surface area contributed by atoms with Gasteiger partial charge in [-0.3, -0.25) is 9.69 Å². The van der Waals surface area contributed by atoms with Gasteiger partial charge in [0.05, 0.1) is 17.6 Å². The van der Waals surface area contributed by atoms with E-state index < -0.39 is 0 Å². The molecule has 0 radical (unpaired) electrons. The fraction of sp³-hybridized carbons (Fsp3) is 0.500. The quantitative estimate of drug-likeness (QED) is 0.841. The molecule has 0 saturated carbocycles. The number of hydrogen-bond acceptors (Lipinski definition) is 4. The lowest BCUT2D eigenvalue weighted by atomic mass is 10.3. The van der Waals surface area contributed by atoms with Crippen LogP contribution in [-0.2, 0) is 23.1 Å². The van der Waals surface area contributed by atoms with E-state index in [0.717, 1.165) is 49.6 Å². The lowest BCUT2D eigenvalue weighted by Gasteiger charge is -2.34. The number of benzene rings is 1. The Morgan fingerprint density at radius 2 is 1.95 bits per heavy atom. The van der Waals surface area contributed by atoms with Crippen LogP contribution in [0.15, 0.2) is 24.3 Å². The number of carbonyl (C=O) groups excluding carboxylic acids is 1. The van der Waals surface area contributed by atoms with Crippen molar-refractivity contribution in [2.45, 2.75) is 6.54 Å². The van der Waals surface area contributed by atoms with Gasteiger partial charge >= 0.3 is 0 Å². The Bertz CT molecular complexity index is 659. The molecule has 1 amide bonds. The zero-order valence-corrected chi connectivity index (χ0v) is 13.2. The summed E-state index contributed by atoms with van der Waals surface area (Å²) in [6, 6.07) is 8.18. The summed E-state index contributed by atoms with van der Waals surface area (Å²) in [6.07, 6.45) is 0. The molecule has 1 aliphatic heterocycles. The maximum atomic E-state index is 11.8. The molecule has 0 unspecified atom stereocenters. The number of para-hydroxylation sites is 2. The van der Waals surface area contributed by atoms with Gasteiger partial charge in [-0.25, -0.2) is 4.98 Å². The molecule has 1 aromatic carbocycles. The Hall–Kier alpha value is -1.92. The number of fused-ring (bicyclic) bond motifs is 1. The van der Waals surface area contributed by atoms with E-state index >= 15 is 0 Å². The Labute approximate surface area is 130 Å². The number of nitrogens with zero attached hydrogens (tertiary/aromatic N) is 4. The molecule has 1 aliphatic rings. The molecule has 118 valence electrons. The summed E-state index contributed by atoms with van der Waals surface area (Å²) in [5.41, 5.74) is 2.19. The summed E-state index contributed by atoms with van der Waals surface area (Å²) in [5.74, 6) is 1.14. The zero-order chi connectivity index (χ0) is 15.5. The SMILES string of the molecule is COCC(=O)N1CCN(Cc2nc3ccccc3n2C)CC1. The number of ether oxygens (including phenoxy) is 1. The fourth-order valence-electron chi connectivity index (χ4n) is 2.91. The first-order valence-electron chi connectivity index (χ1n) is 7.58. The second-order valence-electron chi connectivity index (χ2n) is 5.67. The highest BCUT2D eigenvalue weighted by Crippen LogP contribution is 2.16. The highest BCUT2D eigenvalue weighted by Gasteiger charge is 2.22. The zero-order valence-electron chi connectivity index (χ0n) is 13.2. The lowest BCUT2D eigenvalue weighted by molar-refractivity contribution is -0.136. The van der Waals surface area contributed by atoms with Gasteiger partial charge in [-0.15, -0.1) is 0 Å². The molecule has 3 rings (SSSR count). The topological polar surface area (TPSA) is 50.6 Å². The molecule has 2 aromatic rings. The van der Waals surface area contributed by atoms with Crippen LogP contribution in [0, 0.1) is 0 Å². The average molecular weight is 302 g/mol. The number of imidazole rings is 1. The van der Waals surface area contributed by atoms with Crippen LogP contribution in [0.3, 0.4) is 0 Å². The molecule has 0 N–H and O–H groups in total. The summed E-state index contributed by atoms with van der Waals surface area (Å²) in [6.45, 7) is 4.25. The van der Waals surface area contributed by atoms with E-state index in [4.69, 9.17) is 9.72 Å². The van der Waals surface area contributed by atoms with Crippen molar-refractivity contribution >= 4 is 16.9 Å². The molecule has 1 saturated heterocycles. The molecule has 22 heavy (non-hydrogen) atoms. The standard InChI is InChI=1S/C16H22N4O2/c1-18-14-6-4-3-5-13(14)17-15(18)11-19-7-9-20(10-8-19)16(21)12-22-2/h3-6H,7-12H2,1-2H3. The third-order valence-electron chi connectivity index (χ3n) is 4.24. The number of methoxy groups -OCH3 is 1. The van der Waals surface area contributed by atoms with Crippen molar-refractivity contribution in [1.29, 1.82) is 0 Å². The third kappa shape index (κ3) is 2.98. The lowest BCUT2D eigenvalue weighted by Crippen LogP contribution is -2.49. The number of carbonyl (C=O) groups is 1. The van der Waals surface area contributed by atoms with Crippen molar-refractivity contribution in [3.05, 3.63) is 30.1 Å². The number of piperazine rings is 1. The number of amides is 1. The predicted octanol–water partition coefficient (Wildman–Crippen LogP) is 0.864. The predicted molar refractivity (Wildman–Crippen MR) is 84.4 cm³/mol. The van der Waals surface area contributed by atoms with Gasteiger partial charge in [0.1, 0.15) is 12.4 Å². The Balaban J connectivity index is 1.62. The van der Waals surface area contributed by atoms with Crippen LogP contribution in [0.4, 0.5) is 0 Å². The van der Waals surface area contributed by atoms with Crippen molar-refractivity contribution in [2.75, 3.05) is 39.9 Å². The van der Waals surface area contributed by atoms with E-state index in [9.17, 15) is 4.79 Å². The minimum absolute atomic E-state index is 0.0740. The Morgan fingerprint density at radius 3 is 2.64 bits per heavy atom. The summed E-state index contributed by atoms with van der Waals surface area (Å²) >= 11 is 0. The van der Waals surface area contributed by atoms with Crippen molar-refractivity contribution in [1.82, 2.24) is 19.4 Å². The monoisotopic (exact) mass is 302 g/mol. The molecule has 6 heteroatoms. The molecule has 1 aromatic heterocycles. The van der Waals surface area contributed by atoms with Crippen molar-refractivity contribution in [2.24, 2.45) is 7.05 Å². The van der Waals surface area contributed by atoms with Gasteiger partial charge in [-0.1, -0.05) is 12.1 Å². The van der Waals surface area contributed by atoms with Crippen LogP contribution in [0.1, 0.15) is 5.82 Å². The molecule has 0 atom stereocenters. The first-order chi connectivity index (χ1) is 10.7. The molecular formula is C16H22N4O2. The molecular weight excluding hydrogens is 280 g/mol. The van der Waals surface area contributed by atoms with E-state index in [-0.39, 0.29) is 12.5 Å². The highest BCUT2D eigenvalue weighted by atomic mass is 16.5. The van der Waals surface area contributed by atoms with Gasteiger partial charge in [0, 0.05) is 40.3 Å². The normalized spacial score (nSPS) is 16.4. The minimum atomic E-state index is 0.0740. The summed E-state index contributed by atoms with van der Waals surface area (Å²) in [4.78, 5) is 20.7. The maximum Gasteiger partial charge on any atom is 0.248 e. The maximum absolute atomic E-state index is 11.8. The first-order valence-corrected chi connectivity index (χ1v) is 7.58. The second kappa shape index (κ2) is 6.46. The van der Waals surface area contributed by atoms with Crippen molar-refractivity contribution < 1.29 is 9.53 Å². The van der Waals surface area contributed by atoms with Crippen LogP contribution < -0.4 is 0 Å². The number of aromatic nitrogens is 2. The Morgan fingerprint density at radius 1 is 1.23 bits per heavy atom. The third-order valence-corrected chi connectivity index (χ3v) is 4.24. The second-order valence-corrected chi connectivity index (χ2v) is 5.67. The smallest absolute Gasteiger partial charge is 0.248 e. The number of hydrogen-bond donors (Lipinski definition) is 0. The molecule has 0 bridgehead atoms. The molecule has 2 heterocycles. The van der Waals surface area contributed by atoms with E-state index in [1.54, 1.807) is 7.11 Å². The fourth-order valence-corrected chi connectivity index (χ4v) is 2.91. The summed E-state index contributed by atoms with van der Waals surface area (Å²) in [5, 5.41) is 0. The van der Waals surface area contributed by atoms with E-state index in [1.165, 1.54) is 0 Å². The Kier molecular flexibility index (Phi) is 4.40. The van der Waals surface area contributed by atoms with Crippen LogP contribution in [0.5, 0.6) is 0 Å². The van der Waals surface area contributed by atoms with Crippen LogP contribution >= 0.6 is 0 Å². The van der Waals surface area contributed by atoms with E-state index in [0.29, 0.717) is 0 Å². The van der Waals surface area contributed by atoms with E-state index in [1.807, 2.05) is 23.1 Å². The van der Waals surface area contributed by atoms with Gasteiger partial charge in [-0.05, 0) is 12.1 Å². The van der Waals surface area contributed by atoms with Crippen LogP contribution in [-0.4, -0.2) is 65.2 Å². The number of rotatable bonds is 4. The van der Waals surface area contributed by atoms with Crippen molar-refractivity contribution in [3.8, 4) is 0 Å². The van der Waals surface area contributed by atoms with Gasteiger partial charge in [0.25, 0.3) is 0 Å².